The Morgan fingerprint density at radius 2 is 0.714 bits per heavy atom. The highest BCUT2D eigenvalue weighted by Crippen LogP contribution is 2.32. The van der Waals surface area contributed by atoms with E-state index in [4.69, 9.17) is 61.3 Å². The van der Waals surface area contributed by atoms with Crippen LogP contribution in [0.4, 0.5) is 0 Å². The Morgan fingerprint density at radius 3 is 1.04 bits per heavy atom. The predicted octanol–water partition coefficient (Wildman–Crippen LogP) is 4.89. The molecule has 2 saturated heterocycles. The topological polar surface area (TPSA) is 274 Å². The van der Waals surface area contributed by atoms with E-state index in [1.807, 2.05) is 12.1 Å². The van der Waals surface area contributed by atoms with Gasteiger partial charge in [0, 0.05) is 69.5 Å². The molecule has 2 aliphatic rings. The molecule has 0 N–H and O–H groups in total. The Bertz CT molecular complexity index is 2110. The number of carbonyl (C=O) groups excluding carboxylic acids is 9. The molecule has 10 atom stereocenters. The number of esters is 9. The molecule has 0 aliphatic carbocycles. The molecule has 0 bridgehead atoms. The number of halogens is 2. The van der Waals surface area contributed by atoms with Crippen LogP contribution in [0.1, 0.15) is 62.3 Å². The summed E-state index contributed by atoms with van der Waals surface area (Å²) in [6.07, 6.45) is -12.8. The van der Waals surface area contributed by atoms with Gasteiger partial charge in [-0.1, -0.05) is 0 Å². The average molecular weight is 1230 g/mol. The van der Waals surface area contributed by atoms with Gasteiger partial charge in [0.1, 0.15) is 36.9 Å². The smallest absolute Gasteiger partial charge is 0.305 e. The van der Waals surface area contributed by atoms with Crippen molar-refractivity contribution in [1.29, 1.82) is 0 Å². The first-order valence-corrected chi connectivity index (χ1v) is 26.8. The van der Waals surface area contributed by atoms with E-state index in [9.17, 15) is 43.2 Å². The van der Waals surface area contributed by atoms with Crippen LogP contribution in [0.25, 0.3) is 0 Å². The van der Waals surface area contributed by atoms with Crippen molar-refractivity contribution in [3.05, 3.63) is 55.7 Å². The van der Waals surface area contributed by atoms with Gasteiger partial charge >= 0.3 is 53.7 Å². The van der Waals surface area contributed by atoms with Crippen molar-refractivity contribution in [3.63, 3.8) is 0 Å². The first kappa shape index (κ1) is 61.0. The number of benzene rings is 2. The maximum atomic E-state index is 11.8. The Kier molecular flexibility index (Phi) is 25.5. The van der Waals surface area contributed by atoms with Crippen LogP contribution in [0.3, 0.4) is 0 Å². The zero-order chi connectivity index (χ0) is 53.0. The van der Waals surface area contributed by atoms with Crippen molar-refractivity contribution >= 4 is 107 Å². The van der Waals surface area contributed by atoms with E-state index in [-0.39, 0.29) is 6.61 Å². The minimum atomic E-state index is -1.48. The van der Waals surface area contributed by atoms with Crippen molar-refractivity contribution in [3.8, 4) is 11.5 Å². The lowest BCUT2D eigenvalue weighted by atomic mass is 9.98. The maximum absolute atomic E-state index is 11.8. The molecule has 70 heavy (non-hydrogen) atoms. The van der Waals surface area contributed by atoms with Crippen LogP contribution in [0.2, 0.25) is 19.6 Å². The molecule has 2 heterocycles. The Morgan fingerprint density at radius 1 is 0.414 bits per heavy atom. The summed E-state index contributed by atoms with van der Waals surface area (Å²) in [7, 11) is -1.42. The standard InChI is InChI=1S/C20H23IO10.C16H22O11.C9H13IOSi/c1-10(22)26-9-16-17(27-11(2)23)18(28-12(3)24)19(29-13(4)25)20(31-16)30-15-7-5-14(21)6-8-15;1-7(17)22-6-12-13(23-8(2)18)14(24-9(3)19)15(25-10(4)20)16(27-12)26-11(5)21;1-12(2,3)11-9-6-4-8(10)5-7-9/h5-8,16-20H,9H2,1-4H3;12-16H,6H2,1-5H3;4-7H,1-3H3/t16?,17-,18-,19?,20-;12?,13-,14-,15?,16+;/m11./s1. The molecule has 2 fully saturated rings. The Hall–Kier alpha value is -5.13. The van der Waals surface area contributed by atoms with Crippen molar-refractivity contribution in [2.75, 3.05) is 13.2 Å². The van der Waals surface area contributed by atoms with Crippen molar-refractivity contribution in [2.45, 2.75) is 143 Å². The molecule has 388 valence electrons. The van der Waals surface area contributed by atoms with E-state index in [1.165, 1.54) is 17.4 Å². The van der Waals surface area contributed by atoms with Crippen LogP contribution in [-0.2, 0) is 95.3 Å². The minimum absolute atomic E-state index is 0.315. The molecular weight excluding hydrogens is 1170 g/mol. The number of hydrogen-bond acceptors (Lipinski definition) is 22. The van der Waals surface area contributed by atoms with Gasteiger partial charge in [-0.05, 0) is 113 Å². The normalized spacial score (nSPS) is 23.5. The second kappa shape index (κ2) is 29.3. The third kappa shape index (κ3) is 23.2. The van der Waals surface area contributed by atoms with E-state index in [2.05, 4.69) is 77.0 Å². The number of hydrogen-bond donors (Lipinski definition) is 0. The molecule has 0 spiro atoms. The monoisotopic (exact) mass is 1230 g/mol. The van der Waals surface area contributed by atoms with Crippen molar-refractivity contribution in [2.24, 2.45) is 0 Å². The van der Waals surface area contributed by atoms with Gasteiger partial charge in [-0.15, -0.1) is 0 Å². The van der Waals surface area contributed by atoms with Crippen LogP contribution in [0.15, 0.2) is 48.5 Å². The van der Waals surface area contributed by atoms with Gasteiger partial charge < -0.3 is 61.3 Å². The summed E-state index contributed by atoms with van der Waals surface area (Å²) in [6.45, 7) is 16.0. The largest absolute Gasteiger partial charge is 0.544 e. The zero-order valence-corrected chi connectivity index (χ0v) is 45.9. The van der Waals surface area contributed by atoms with Gasteiger partial charge in [0.25, 0.3) is 0 Å². The zero-order valence-electron chi connectivity index (χ0n) is 40.5. The molecule has 2 aromatic rings. The van der Waals surface area contributed by atoms with Crippen LogP contribution >= 0.6 is 45.2 Å². The molecule has 0 aromatic heterocycles. The highest BCUT2D eigenvalue weighted by molar-refractivity contribution is 14.1. The van der Waals surface area contributed by atoms with Crippen LogP contribution in [0.5, 0.6) is 11.5 Å². The Balaban J connectivity index is 0.000000392. The van der Waals surface area contributed by atoms with E-state index >= 15 is 0 Å². The molecule has 25 heteroatoms. The summed E-state index contributed by atoms with van der Waals surface area (Å²) in [5, 5.41) is 0. The van der Waals surface area contributed by atoms with E-state index in [0.717, 1.165) is 57.8 Å². The first-order valence-electron chi connectivity index (χ1n) is 21.2. The number of ether oxygens (including phenoxy) is 12. The fraction of sp³-hybridized carbons (Fsp3) is 0.533. The highest BCUT2D eigenvalue weighted by atomic mass is 127. The lowest BCUT2D eigenvalue weighted by molar-refractivity contribution is -0.300. The summed E-state index contributed by atoms with van der Waals surface area (Å²) in [5.74, 6) is -5.02. The summed E-state index contributed by atoms with van der Waals surface area (Å²) >= 11 is 4.42. The average Bonchev–Trinajstić information content (AvgIpc) is 3.21. The van der Waals surface area contributed by atoms with Crippen LogP contribution in [-0.4, -0.2) is 137 Å². The highest BCUT2D eigenvalue weighted by Gasteiger charge is 2.55. The quantitative estimate of drug-likeness (QED) is 0.0993. The van der Waals surface area contributed by atoms with Gasteiger partial charge in [0.15, 0.2) is 24.4 Å². The second-order valence-corrected chi connectivity index (χ2v) is 22.9. The third-order valence-corrected chi connectivity index (χ3v) is 10.8. The summed E-state index contributed by atoms with van der Waals surface area (Å²) < 4.78 is 71.5. The van der Waals surface area contributed by atoms with E-state index < -0.39 is 130 Å². The van der Waals surface area contributed by atoms with Gasteiger partial charge in [0.2, 0.25) is 33.1 Å². The molecule has 4 unspecified atom stereocenters. The maximum Gasteiger partial charge on any atom is 0.305 e. The summed E-state index contributed by atoms with van der Waals surface area (Å²) in [6, 6.07) is 15.1. The van der Waals surface area contributed by atoms with Gasteiger partial charge in [0.05, 0.1) is 0 Å². The predicted molar refractivity (Wildman–Crippen MR) is 259 cm³/mol. The lowest BCUT2D eigenvalue weighted by Crippen LogP contribution is -2.63. The van der Waals surface area contributed by atoms with E-state index in [1.54, 1.807) is 24.3 Å². The molecule has 0 radical (unpaired) electrons. The lowest BCUT2D eigenvalue weighted by Gasteiger charge is -2.43. The molecule has 2 aliphatic heterocycles. The molecule has 0 amide bonds. The molecule has 22 nitrogen and oxygen atoms in total. The summed E-state index contributed by atoms with van der Waals surface area (Å²) in [5.41, 5.74) is 0. The van der Waals surface area contributed by atoms with Gasteiger partial charge in [-0.25, -0.2) is 0 Å². The van der Waals surface area contributed by atoms with E-state index in [0.29, 0.717) is 5.75 Å². The number of carbonyl (C=O) groups is 9. The molecule has 2 aromatic carbocycles. The fourth-order valence-electron chi connectivity index (χ4n) is 6.23. The molecular formula is C45H58I2O22Si. The number of rotatable bonds is 15. The third-order valence-electron chi connectivity index (χ3n) is 8.48. The fourth-order valence-corrected chi connectivity index (χ4v) is 7.80. The molecule has 4 rings (SSSR count). The van der Waals surface area contributed by atoms with Gasteiger partial charge in [-0.3, -0.25) is 43.2 Å². The van der Waals surface area contributed by atoms with Crippen LogP contribution in [0, 0.1) is 7.14 Å². The van der Waals surface area contributed by atoms with Crippen molar-refractivity contribution < 1.29 is 104 Å². The first-order chi connectivity index (χ1) is 32.5. The minimum Gasteiger partial charge on any atom is -0.544 e. The Labute approximate surface area is 432 Å². The van der Waals surface area contributed by atoms with Crippen molar-refractivity contribution in [1.82, 2.24) is 0 Å². The van der Waals surface area contributed by atoms with Crippen LogP contribution < -0.4 is 9.16 Å². The summed E-state index contributed by atoms with van der Waals surface area (Å²) in [4.78, 5) is 104. The molecule has 0 saturated carbocycles. The SMILES string of the molecule is CC(=O)OCC1O[C@@H](Oc2ccc(I)cc2)C(OC(C)=O)[C@H](OC(C)=O)[C@@H]1OC(C)=O.CC(=O)OCC1O[C@H](OC(C)=O)C(OC(C)=O)[C@H](OC(C)=O)[C@@H]1OC(C)=O.C[Si](C)(C)Oc1ccc(I)cc1. The van der Waals surface area contributed by atoms with Gasteiger partial charge in [-0.2, -0.15) is 0 Å². The second-order valence-electron chi connectivity index (χ2n) is 16.0.